The van der Waals surface area contributed by atoms with Gasteiger partial charge in [0, 0.05) is 39.6 Å². The zero-order valence-corrected chi connectivity index (χ0v) is 23.3. The molecule has 1 saturated heterocycles. The van der Waals surface area contributed by atoms with Crippen molar-refractivity contribution in [2.45, 2.75) is 96.2 Å². The van der Waals surface area contributed by atoms with Crippen molar-refractivity contribution < 1.29 is 37.7 Å². The quantitative estimate of drug-likeness (QED) is 0.215. The third kappa shape index (κ3) is 7.73. The molecule has 1 amide bonds. The predicted molar refractivity (Wildman–Crippen MR) is 127 cm³/mol. The summed E-state index contributed by atoms with van der Waals surface area (Å²) in [5.41, 5.74) is -0.346. The predicted octanol–water partition coefficient (Wildman–Crippen LogP) is 2.87. The second-order valence-electron chi connectivity index (χ2n) is 10.8. The van der Waals surface area contributed by atoms with Crippen LogP contribution in [0.25, 0.3) is 0 Å². The third-order valence-corrected chi connectivity index (χ3v) is 11.6. The van der Waals surface area contributed by atoms with Gasteiger partial charge in [0.1, 0.15) is 6.10 Å². The van der Waals surface area contributed by atoms with Crippen LogP contribution >= 0.6 is 0 Å². The maximum Gasteiger partial charge on any atom is 0.396 e. The summed E-state index contributed by atoms with van der Waals surface area (Å²) >= 11 is 0. The average Bonchev–Trinajstić information content (AvgIpc) is 2.72. The lowest BCUT2D eigenvalue weighted by Crippen LogP contribution is -2.61. The Kier molecular flexibility index (Phi) is 11.0. The van der Waals surface area contributed by atoms with Crippen LogP contribution in [-0.4, -0.2) is 85.9 Å². The number of hydrogen-bond acceptors (Lipinski definition) is 8. The van der Waals surface area contributed by atoms with E-state index < -0.39 is 32.5 Å². The highest BCUT2D eigenvalue weighted by Crippen LogP contribution is 2.46. The highest BCUT2D eigenvalue weighted by atomic mass is 28.4. The lowest BCUT2D eigenvalue weighted by atomic mass is 9.74. The van der Waals surface area contributed by atoms with Gasteiger partial charge in [0.25, 0.3) is 0 Å². The molecular formula is C23H45NO8Si. The Bertz CT molecular complexity index is 649. The van der Waals surface area contributed by atoms with Crippen molar-refractivity contribution >= 4 is 20.2 Å². The van der Waals surface area contributed by atoms with E-state index in [1.165, 1.54) is 7.11 Å². The zero-order chi connectivity index (χ0) is 25.6. The highest BCUT2D eigenvalue weighted by Gasteiger charge is 2.51. The Balaban J connectivity index is 3.28. The van der Waals surface area contributed by atoms with Crippen molar-refractivity contribution in [2.75, 3.05) is 35.0 Å². The first kappa shape index (κ1) is 30.0. The molecule has 1 aliphatic rings. The van der Waals surface area contributed by atoms with E-state index >= 15 is 0 Å². The minimum atomic E-state index is -2.12. The van der Waals surface area contributed by atoms with Gasteiger partial charge in [-0.2, -0.15) is 0 Å². The Morgan fingerprint density at radius 1 is 1.12 bits per heavy atom. The molecule has 0 saturated carbocycles. The van der Waals surface area contributed by atoms with E-state index in [0.717, 1.165) is 7.11 Å². The lowest BCUT2D eigenvalue weighted by Gasteiger charge is -2.52. The molecule has 9 nitrogen and oxygen atoms in total. The van der Waals surface area contributed by atoms with Crippen molar-refractivity contribution in [1.29, 1.82) is 0 Å². The number of hydrogen-bond donors (Lipinski definition) is 1. The number of amides is 1. The van der Waals surface area contributed by atoms with Crippen molar-refractivity contribution in [3.05, 3.63) is 0 Å². The molecule has 0 aliphatic carbocycles. The molecule has 0 bridgehead atoms. The van der Waals surface area contributed by atoms with Crippen molar-refractivity contribution in [2.24, 2.45) is 5.41 Å². The van der Waals surface area contributed by atoms with Crippen molar-refractivity contribution in [3.63, 3.8) is 0 Å². The van der Waals surface area contributed by atoms with Crippen LogP contribution in [0, 0.1) is 5.41 Å². The first-order chi connectivity index (χ1) is 15.1. The van der Waals surface area contributed by atoms with Gasteiger partial charge < -0.3 is 33.4 Å². The molecule has 1 fully saturated rings. The first-order valence-electron chi connectivity index (χ1n) is 11.4. The van der Waals surface area contributed by atoms with Crippen LogP contribution in [0.1, 0.15) is 47.5 Å². The molecule has 0 aromatic carbocycles. The molecule has 1 aliphatic heterocycles. The molecule has 0 radical (unpaired) electrons. The largest absolute Gasteiger partial charge is 0.462 e. The summed E-state index contributed by atoms with van der Waals surface area (Å²) < 4.78 is 34.3. The molecule has 0 unspecified atom stereocenters. The number of methoxy groups -OCH3 is 4. The maximum absolute atomic E-state index is 12.2. The molecule has 194 valence electrons. The van der Waals surface area contributed by atoms with E-state index in [2.05, 4.69) is 57.8 Å². The number of esters is 1. The summed E-state index contributed by atoms with van der Waals surface area (Å²) in [4.78, 5) is 23.8. The fourth-order valence-corrected chi connectivity index (χ4v) is 5.16. The van der Waals surface area contributed by atoms with Crippen LogP contribution in [0.15, 0.2) is 0 Å². The summed E-state index contributed by atoms with van der Waals surface area (Å²) in [5.74, 6) is -1.87. The Hall–Kier alpha value is -1.04. The van der Waals surface area contributed by atoms with Gasteiger partial charge in [0.2, 0.25) is 0 Å². The summed E-state index contributed by atoms with van der Waals surface area (Å²) in [6.45, 7) is 15.8. The SMILES string of the molecule is COC[C@H](C[C@H]1O[C@H]([C@@H](NC(=O)C(=O)OC)OC)C[C@@H](O[Si](C)(C)C(C)(C)C)C1(C)C)OC. The van der Waals surface area contributed by atoms with Gasteiger partial charge in [-0.1, -0.05) is 34.6 Å². The highest BCUT2D eigenvalue weighted by molar-refractivity contribution is 6.74. The van der Waals surface area contributed by atoms with Crippen LogP contribution in [0.3, 0.4) is 0 Å². The van der Waals surface area contributed by atoms with Gasteiger partial charge in [-0.25, -0.2) is 4.79 Å². The summed E-state index contributed by atoms with van der Waals surface area (Å²) in [5, 5.41) is 2.61. The standard InChI is InChI=1S/C23H45NO8Si/c1-22(2,3)33(10,11)32-18-13-16(20(29-8)24-19(25)21(26)30-9)31-17(23(18,4)5)12-15(28-7)14-27-6/h15-18,20H,12-14H2,1-11H3,(H,24,25)/t15-,16-,17+,18+,20-/m0/s1. The van der Waals surface area contributed by atoms with E-state index in [9.17, 15) is 9.59 Å². The minimum Gasteiger partial charge on any atom is -0.462 e. The van der Waals surface area contributed by atoms with Crippen LogP contribution in [-0.2, 0) is 37.7 Å². The fraction of sp³-hybridized carbons (Fsp3) is 0.913. The van der Waals surface area contributed by atoms with E-state index in [0.29, 0.717) is 19.4 Å². The molecule has 1 rings (SSSR count). The molecule has 0 aromatic rings. The smallest absolute Gasteiger partial charge is 0.396 e. The molecule has 10 heteroatoms. The molecule has 0 spiro atoms. The van der Waals surface area contributed by atoms with E-state index in [-0.39, 0.29) is 28.8 Å². The summed E-state index contributed by atoms with van der Waals surface area (Å²) in [6.07, 6.45) is -0.892. The minimum absolute atomic E-state index is 0.0251. The average molecular weight is 492 g/mol. The van der Waals surface area contributed by atoms with Gasteiger partial charge in [0.15, 0.2) is 14.5 Å². The Morgan fingerprint density at radius 2 is 1.73 bits per heavy atom. The number of carbonyl (C=O) groups is 2. The normalized spacial score (nSPS) is 25.2. The topological polar surface area (TPSA) is 102 Å². The van der Waals surface area contributed by atoms with E-state index in [1.807, 2.05) is 0 Å². The number of carbonyl (C=O) groups excluding carboxylic acids is 2. The third-order valence-electron chi connectivity index (χ3n) is 7.09. The Morgan fingerprint density at radius 3 is 2.18 bits per heavy atom. The van der Waals surface area contributed by atoms with Gasteiger partial charge in [-0.05, 0) is 18.1 Å². The van der Waals surface area contributed by atoms with Crippen LogP contribution in [0.4, 0.5) is 0 Å². The second kappa shape index (κ2) is 12.1. The van der Waals surface area contributed by atoms with E-state index in [1.54, 1.807) is 14.2 Å². The molecular weight excluding hydrogens is 446 g/mol. The van der Waals surface area contributed by atoms with Gasteiger partial charge in [-0.15, -0.1) is 0 Å². The molecule has 0 aromatic heterocycles. The van der Waals surface area contributed by atoms with Crippen molar-refractivity contribution in [1.82, 2.24) is 5.32 Å². The van der Waals surface area contributed by atoms with Gasteiger partial charge in [-0.3, -0.25) is 4.79 Å². The number of ether oxygens (including phenoxy) is 5. The lowest BCUT2D eigenvalue weighted by molar-refractivity contribution is -0.213. The summed E-state index contributed by atoms with van der Waals surface area (Å²) in [6, 6.07) is 0. The fourth-order valence-electron chi connectivity index (χ4n) is 3.69. The summed E-state index contributed by atoms with van der Waals surface area (Å²) in [7, 11) is 3.78. The second-order valence-corrected chi connectivity index (χ2v) is 15.5. The van der Waals surface area contributed by atoms with Crippen molar-refractivity contribution in [3.8, 4) is 0 Å². The van der Waals surface area contributed by atoms with Gasteiger partial charge in [0.05, 0.1) is 32.0 Å². The molecule has 33 heavy (non-hydrogen) atoms. The molecule has 1 heterocycles. The number of rotatable bonds is 10. The molecule has 5 atom stereocenters. The van der Waals surface area contributed by atoms with Crippen LogP contribution < -0.4 is 5.32 Å². The zero-order valence-electron chi connectivity index (χ0n) is 22.3. The van der Waals surface area contributed by atoms with E-state index in [4.69, 9.17) is 23.4 Å². The van der Waals surface area contributed by atoms with Gasteiger partial charge >= 0.3 is 11.9 Å². The van der Waals surface area contributed by atoms with Crippen LogP contribution in [0.2, 0.25) is 18.1 Å². The maximum atomic E-state index is 12.2. The number of nitrogens with one attached hydrogen (secondary N) is 1. The monoisotopic (exact) mass is 491 g/mol. The molecule has 1 N–H and O–H groups in total. The Labute approximate surface area is 200 Å². The first-order valence-corrected chi connectivity index (χ1v) is 14.3. The van der Waals surface area contributed by atoms with Crippen LogP contribution in [0.5, 0.6) is 0 Å².